The molecule has 0 aromatic heterocycles. The number of ether oxygens (including phenoxy) is 3. The molecular weight excluding hydrogens is 448 g/mol. The molecule has 184 valence electrons. The molecule has 1 aliphatic heterocycles. The Morgan fingerprint density at radius 2 is 1.03 bits per heavy atom. The van der Waals surface area contributed by atoms with E-state index in [0.29, 0.717) is 28.3 Å². The minimum absolute atomic E-state index is 0.171. The zero-order valence-electron chi connectivity index (χ0n) is 20.7. The summed E-state index contributed by atoms with van der Waals surface area (Å²) in [6.45, 7) is 9.38. The van der Waals surface area contributed by atoms with Crippen LogP contribution in [0.15, 0.2) is 77.4 Å². The Hall–Kier alpha value is -4.07. The number of carbonyl (C=O) groups excluding carboxylic acids is 3. The summed E-state index contributed by atoms with van der Waals surface area (Å²) < 4.78 is 15.8. The molecule has 1 heterocycles. The SMILES string of the molecule is CCOC(=O)C1=C(C)N(c2ccc(C(=O)OCC)cc2)C(C)=C(C(=O)OCC)N1c1ccccc1. The number of rotatable bonds is 8. The van der Waals surface area contributed by atoms with Gasteiger partial charge in [0, 0.05) is 11.4 Å². The topological polar surface area (TPSA) is 85.4 Å². The quantitative estimate of drug-likeness (QED) is 0.396. The summed E-state index contributed by atoms with van der Waals surface area (Å²) in [7, 11) is 0. The minimum atomic E-state index is -0.573. The third-order valence-corrected chi connectivity index (χ3v) is 5.39. The molecule has 0 unspecified atom stereocenters. The zero-order chi connectivity index (χ0) is 25.5. The second kappa shape index (κ2) is 11.4. The summed E-state index contributed by atoms with van der Waals surface area (Å²) >= 11 is 0. The Labute approximate surface area is 205 Å². The van der Waals surface area contributed by atoms with Gasteiger partial charge >= 0.3 is 17.9 Å². The van der Waals surface area contributed by atoms with Gasteiger partial charge in [-0.05, 0) is 71.0 Å². The van der Waals surface area contributed by atoms with E-state index in [4.69, 9.17) is 14.2 Å². The predicted octanol–water partition coefficient (Wildman–Crippen LogP) is 4.78. The van der Waals surface area contributed by atoms with Crippen LogP contribution in [0.1, 0.15) is 45.0 Å². The van der Waals surface area contributed by atoms with Crippen molar-refractivity contribution in [2.75, 3.05) is 29.6 Å². The summed E-state index contributed by atoms with van der Waals surface area (Å²) in [4.78, 5) is 41.9. The van der Waals surface area contributed by atoms with Gasteiger partial charge < -0.3 is 19.1 Å². The molecule has 0 fully saturated rings. The third kappa shape index (κ3) is 5.21. The highest BCUT2D eigenvalue weighted by Crippen LogP contribution is 2.39. The Kier molecular flexibility index (Phi) is 8.30. The van der Waals surface area contributed by atoms with Crippen molar-refractivity contribution in [3.05, 3.63) is 82.9 Å². The van der Waals surface area contributed by atoms with Gasteiger partial charge in [-0.1, -0.05) is 18.2 Å². The number of nitrogens with zero attached hydrogens (tertiary/aromatic N) is 2. The molecule has 0 N–H and O–H groups in total. The highest BCUT2D eigenvalue weighted by Gasteiger charge is 2.39. The number of anilines is 2. The first-order chi connectivity index (χ1) is 16.8. The van der Waals surface area contributed by atoms with Crippen LogP contribution in [0.4, 0.5) is 11.4 Å². The van der Waals surface area contributed by atoms with Gasteiger partial charge in [-0.2, -0.15) is 0 Å². The minimum Gasteiger partial charge on any atom is -0.462 e. The second-order valence-electron chi connectivity index (χ2n) is 7.58. The fourth-order valence-electron chi connectivity index (χ4n) is 3.96. The standard InChI is InChI=1S/C27H30N2O6/c1-6-33-25(30)20-14-16-22(17-15-20)28-18(4)23(26(31)34-7-2)29(21-12-10-9-11-13-21)24(19(28)5)27(32)35-8-3/h9-17H,6-8H2,1-5H3. The van der Waals surface area contributed by atoms with Crippen molar-refractivity contribution in [1.82, 2.24) is 0 Å². The summed E-state index contributed by atoms with van der Waals surface area (Å²) in [5.41, 5.74) is 3.18. The molecule has 0 radical (unpaired) electrons. The van der Waals surface area contributed by atoms with Crippen molar-refractivity contribution in [2.45, 2.75) is 34.6 Å². The van der Waals surface area contributed by atoms with E-state index in [1.807, 2.05) is 30.3 Å². The highest BCUT2D eigenvalue weighted by atomic mass is 16.5. The molecular formula is C27H30N2O6. The molecule has 0 saturated heterocycles. The van der Waals surface area contributed by atoms with Crippen molar-refractivity contribution in [3.8, 4) is 0 Å². The second-order valence-corrected chi connectivity index (χ2v) is 7.58. The van der Waals surface area contributed by atoms with Crippen LogP contribution in [-0.4, -0.2) is 37.7 Å². The largest absolute Gasteiger partial charge is 0.462 e. The predicted molar refractivity (Wildman–Crippen MR) is 132 cm³/mol. The maximum absolute atomic E-state index is 13.2. The number of allylic oxidation sites excluding steroid dienone is 2. The van der Waals surface area contributed by atoms with E-state index in [-0.39, 0.29) is 31.2 Å². The first kappa shape index (κ1) is 25.6. The molecule has 8 nitrogen and oxygen atoms in total. The van der Waals surface area contributed by atoms with Crippen molar-refractivity contribution >= 4 is 29.3 Å². The fourth-order valence-corrected chi connectivity index (χ4v) is 3.96. The average molecular weight is 479 g/mol. The molecule has 0 saturated carbocycles. The monoisotopic (exact) mass is 478 g/mol. The van der Waals surface area contributed by atoms with Gasteiger partial charge in [-0.3, -0.25) is 4.90 Å². The summed E-state index contributed by atoms with van der Waals surface area (Å²) in [6, 6.07) is 15.9. The number of para-hydroxylation sites is 1. The molecule has 2 aromatic rings. The molecule has 35 heavy (non-hydrogen) atoms. The zero-order valence-corrected chi connectivity index (χ0v) is 20.7. The van der Waals surface area contributed by atoms with Crippen molar-refractivity contribution < 1.29 is 28.6 Å². The molecule has 8 heteroatoms. The molecule has 0 atom stereocenters. The van der Waals surface area contributed by atoms with E-state index in [1.165, 1.54) is 0 Å². The average Bonchev–Trinajstić information content (AvgIpc) is 2.85. The van der Waals surface area contributed by atoms with Crippen LogP contribution in [-0.2, 0) is 23.8 Å². The van der Waals surface area contributed by atoms with E-state index in [0.717, 1.165) is 0 Å². The molecule has 0 amide bonds. The van der Waals surface area contributed by atoms with Gasteiger partial charge in [0.2, 0.25) is 0 Å². The normalized spacial score (nSPS) is 13.6. The Bertz CT molecular complexity index is 1110. The smallest absolute Gasteiger partial charge is 0.357 e. The van der Waals surface area contributed by atoms with Gasteiger partial charge in [-0.25, -0.2) is 14.4 Å². The summed E-state index contributed by atoms with van der Waals surface area (Å²) in [6.07, 6.45) is 0. The van der Waals surface area contributed by atoms with E-state index in [2.05, 4.69) is 0 Å². The Morgan fingerprint density at radius 1 is 0.600 bits per heavy atom. The lowest BCUT2D eigenvalue weighted by Gasteiger charge is -2.40. The van der Waals surface area contributed by atoms with Gasteiger partial charge in [0.15, 0.2) is 11.4 Å². The van der Waals surface area contributed by atoms with E-state index < -0.39 is 17.9 Å². The lowest BCUT2D eigenvalue weighted by atomic mass is 10.1. The number of esters is 3. The van der Waals surface area contributed by atoms with E-state index >= 15 is 0 Å². The van der Waals surface area contributed by atoms with Gasteiger partial charge in [0.25, 0.3) is 0 Å². The first-order valence-electron chi connectivity index (χ1n) is 11.5. The van der Waals surface area contributed by atoms with Gasteiger partial charge in [0.05, 0.1) is 36.8 Å². The molecule has 3 rings (SSSR count). The summed E-state index contributed by atoms with van der Waals surface area (Å²) in [5.74, 6) is -1.57. The molecule has 0 bridgehead atoms. The van der Waals surface area contributed by atoms with Crippen LogP contribution in [0.5, 0.6) is 0 Å². The maximum atomic E-state index is 13.2. The lowest BCUT2D eigenvalue weighted by Crippen LogP contribution is -2.42. The molecule has 0 aliphatic carbocycles. The Balaban J connectivity index is 2.23. The van der Waals surface area contributed by atoms with Gasteiger partial charge in [-0.15, -0.1) is 0 Å². The highest BCUT2D eigenvalue weighted by molar-refractivity contribution is 6.05. The van der Waals surface area contributed by atoms with E-state index in [1.54, 1.807) is 68.7 Å². The van der Waals surface area contributed by atoms with Crippen LogP contribution < -0.4 is 9.80 Å². The third-order valence-electron chi connectivity index (χ3n) is 5.39. The molecule has 1 aliphatic rings. The fraction of sp³-hybridized carbons (Fsp3) is 0.296. The van der Waals surface area contributed by atoms with Crippen LogP contribution in [0, 0.1) is 0 Å². The lowest BCUT2D eigenvalue weighted by molar-refractivity contribution is -0.139. The van der Waals surface area contributed by atoms with Crippen LogP contribution in [0.25, 0.3) is 0 Å². The molecule has 0 spiro atoms. The Morgan fingerprint density at radius 3 is 1.49 bits per heavy atom. The van der Waals surface area contributed by atoms with E-state index in [9.17, 15) is 14.4 Å². The maximum Gasteiger partial charge on any atom is 0.357 e. The number of hydrogen-bond donors (Lipinski definition) is 0. The van der Waals surface area contributed by atoms with Crippen LogP contribution >= 0.6 is 0 Å². The number of carbonyl (C=O) groups is 3. The molecule has 2 aromatic carbocycles. The number of hydrogen-bond acceptors (Lipinski definition) is 8. The van der Waals surface area contributed by atoms with Crippen LogP contribution in [0.3, 0.4) is 0 Å². The van der Waals surface area contributed by atoms with Crippen molar-refractivity contribution in [3.63, 3.8) is 0 Å². The van der Waals surface area contributed by atoms with Crippen molar-refractivity contribution in [1.29, 1.82) is 0 Å². The van der Waals surface area contributed by atoms with Crippen LogP contribution in [0.2, 0.25) is 0 Å². The first-order valence-corrected chi connectivity index (χ1v) is 11.5. The van der Waals surface area contributed by atoms with Crippen molar-refractivity contribution in [2.24, 2.45) is 0 Å². The summed E-state index contributed by atoms with van der Waals surface area (Å²) in [5, 5.41) is 0. The van der Waals surface area contributed by atoms with Gasteiger partial charge in [0.1, 0.15) is 0 Å². The number of benzene rings is 2.